The molecule has 0 radical (unpaired) electrons. The Balaban J connectivity index is 2.26. The highest BCUT2D eigenvalue weighted by Gasteiger charge is 2.35. The zero-order chi connectivity index (χ0) is 17.0. The minimum absolute atomic E-state index is 0.332. The lowest BCUT2D eigenvalue weighted by molar-refractivity contribution is 0.627. The Morgan fingerprint density at radius 1 is 0.625 bits per heavy atom. The third kappa shape index (κ3) is 3.24. The molecule has 1 atom stereocenters. The molecule has 1 unspecified atom stereocenters. The van der Waals surface area contributed by atoms with Crippen molar-refractivity contribution < 1.29 is 0 Å². The van der Waals surface area contributed by atoms with Gasteiger partial charge in [-0.15, -0.1) is 0 Å². The Kier molecular flexibility index (Phi) is 5.33. The summed E-state index contributed by atoms with van der Waals surface area (Å²) >= 11 is 6.53. The summed E-state index contributed by atoms with van der Waals surface area (Å²) in [5.74, 6) is 0.471. The van der Waals surface area contributed by atoms with Gasteiger partial charge in [-0.1, -0.05) is 117 Å². The first-order valence-electron chi connectivity index (χ1n) is 8.40. The fourth-order valence-electron chi connectivity index (χ4n) is 3.43. The molecule has 24 heavy (non-hydrogen) atoms. The number of benzene rings is 3. The van der Waals surface area contributed by atoms with E-state index in [0.29, 0.717) is 11.6 Å². The molecule has 0 nitrogen and oxygen atoms in total. The van der Waals surface area contributed by atoms with Crippen LogP contribution in [-0.2, 0) is 11.8 Å². The predicted molar refractivity (Wildman–Crippen MR) is 110 cm³/mol. The smallest absolute Gasteiger partial charge is 0.0231 e. The molecule has 0 aliphatic carbocycles. The van der Waals surface area contributed by atoms with Crippen molar-refractivity contribution in [1.29, 1.82) is 0 Å². The maximum atomic E-state index is 6.53. The van der Waals surface area contributed by atoms with Crippen LogP contribution < -0.4 is 10.6 Å². The Labute approximate surface area is 150 Å². The predicted octanol–water partition coefficient (Wildman–Crippen LogP) is 5.51. The second-order valence-electron chi connectivity index (χ2n) is 6.43. The summed E-state index contributed by atoms with van der Waals surface area (Å²) in [5, 5.41) is 2.60. The molecular weight excluding hydrogens is 327 g/mol. The van der Waals surface area contributed by atoms with Crippen molar-refractivity contribution in [3.05, 3.63) is 96.6 Å². The van der Waals surface area contributed by atoms with E-state index in [1.165, 1.54) is 16.2 Å². The zero-order valence-corrected chi connectivity index (χ0v) is 15.9. The van der Waals surface area contributed by atoms with Crippen LogP contribution in [0, 0.1) is 5.92 Å². The maximum absolute atomic E-state index is 6.53. The van der Waals surface area contributed by atoms with Crippen LogP contribution in [0.1, 0.15) is 25.1 Å². The Bertz CT molecular complexity index is 767. The van der Waals surface area contributed by atoms with Crippen LogP contribution in [0.4, 0.5) is 0 Å². The average Bonchev–Trinajstić information content (AvgIpc) is 2.64. The molecule has 0 heterocycles. The number of rotatable bonds is 5. The van der Waals surface area contributed by atoms with E-state index < -0.39 is 6.04 Å². The summed E-state index contributed by atoms with van der Waals surface area (Å²) in [7, 11) is 0. The SMILES string of the molecule is CC(C)C(c1ccccc1)P(=S)(c1ccccc1)c1ccccc1. The van der Waals surface area contributed by atoms with Crippen LogP contribution in [0.5, 0.6) is 0 Å². The molecule has 0 aromatic heterocycles. The first-order chi connectivity index (χ1) is 11.6. The van der Waals surface area contributed by atoms with E-state index in [1.807, 2.05) is 0 Å². The molecule has 0 saturated heterocycles. The van der Waals surface area contributed by atoms with Gasteiger partial charge in [-0.3, -0.25) is 0 Å². The minimum Gasteiger partial charge on any atom is -0.0870 e. The molecule has 2 heteroatoms. The van der Waals surface area contributed by atoms with Gasteiger partial charge in [0.25, 0.3) is 0 Å². The molecule has 0 aliphatic heterocycles. The Morgan fingerprint density at radius 2 is 1.00 bits per heavy atom. The quantitative estimate of drug-likeness (QED) is 0.546. The van der Waals surface area contributed by atoms with Gasteiger partial charge in [0.15, 0.2) is 0 Å². The van der Waals surface area contributed by atoms with Gasteiger partial charge in [0, 0.05) is 11.7 Å². The van der Waals surface area contributed by atoms with Crippen molar-refractivity contribution in [2.24, 2.45) is 5.92 Å². The fraction of sp³-hybridized carbons (Fsp3) is 0.182. The van der Waals surface area contributed by atoms with Crippen LogP contribution in [0.2, 0.25) is 0 Å². The van der Waals surface area contributed by atoms with E-state index in [-0.39, 0.29) is 0 Å². The van der Waals surface area contributed by atoms with Crippen molar-refractivity contribution in [3.63, 3.8) is 0 Å². The molecule has 0 amide bonds. The Hall–Kier alpha value is -1.69. The van der Waals surface area contributed by atoms with E-state index in [0.717, 1.165) is 0 Å². The molecule has 0 aliphatic rings. The van der Waals surface area contributed by atoms with Crippen molar-refractivity contribution in [2.75, 3.05) is 0 Å². The molecule has 0 fully saturated rings. The second kappa shape index (κ2) is 7.47. The summed E-state index contributed by atoms with van der Waals surface area (Å²) in [6, 6.07) is 30.3. The van der Waals surface area contributed by atoms with Gasteiger partial charge in [-0.05, 0) is 22.1 Å². The zero-order valence-electron chi connectivity index (χ0n) is 14.2. The van der Waals surface area contributed by atoms with Crippen molar-refractivity contribution in [1.82, 2.24) is 0 Å². The van der Waals surface area contributed by atoms with Crippen LogP contribution in [-0.4, -0.2) is 0 Å². The lowest BCUT2D eigenvalue weighted by Crippen LogP contribution is -2.24. The molecule has 0 saturated carbocycles. The summed E-state index contributed by atoms with van der Waals surface area (Å²) in [6.07, 6.45) is 0. The van der Waals surface area contributed by atoms with Crippen molar-refractivity contribution >= 4 is 28.5 Å². The first-order valence-corrected chi connectivity index (χ1v) is 11.3. The summed E-state index contributed by atoms with van der Waals surface area (Å²) in [6.45, 7) is 4.59. The molecule has 0 spiro atoms. The van der Waals surface area contributed by atoms with Crippen molar-refractivity contribution in [2.45, 2.75) is 19.5 Å². The van der Waals surface area contributed by atoms with Crippen LogP contribution >= 0.6 is 6.04 Å². The van der Waals surface area contributed by atoms with Crippen LogP contribution in [0.15, 0.2) is 91.0 Å². The highest BCUT2D eigenvalue weighted by atomic mass is 32.4. The lowest BCUT2D eigenvalue weighted by atomic mass is 10.0. The maximum Gasteiger partial charge on any atom is 0.0231 e. The van der Waals surface area contributed by atoms with Gasteiger partial charge in [0.05, 0.1) is 0 Å². The molecule has 0 N–H and O–H groups in total. The second-order valence-corrected chi connectivity index (χ2v) is 11.1. The van der Waals surface area contributed by atoms with Gasteiger partial charge < -0.3 is 0 Å². The number of hydrogen-bond acceptors (Lipinski definition) is 1. The van der Waals surface area contributed by atoms with E-state index in [1.54, 1.807) is 0 Å². The average molecular weight is 350 g/mol. The first kappa shape index (κ1) is 17.1. The highest BCUT2D eigenvalue weighted by molar-refractivity contribution is 8.22. The van der Waals surface area contributed by atoms with Crippen LogP contribution in [0.3, 0.4) is 0 Å². The van der Waals surface area contributed by atoms with Gasteiger partial charge in [0.1, 0.15) is 0 Å². The summed E-state index contributed by atoms with van der Waals surface area (Å²) in [5.41, 5.74) is 1.68. The molecule has 3 aromatic rings. The summed E-state index contributed by atoms with van der Waals surface area (Å²) in [4.78, 5) is 0. The molecule has 3 rings (SSSR count). The monoisotopic (exact) mass is 350 g/mol. The largest absolute Gasteiger partial charge is 0.0870 e. The minimum atomic E-state index is -1.98. The molecule has 0 bridgehead atoms. The van der Waals surface area contributed by atoms with Gasteiger partial charge in [-0.25, -0.2) is 0 Å². The van der Waals surface area contributed by atoms with Gasteiger partial charge in [0.2, 0.25) is 0 Å². The highest BCUT2D eigenvalue weighted by Crippen LogP contribution is 2.60. The van der Waals surface area contributed by atoms with Gasteiger partial charge >= 0.3 is 0 Å². The van der Waals surface area contributed by atoms with E-state index in [4.69, 9.17) is 11.8 Å². The Morgan fingerprint density at radius 3 is 1.38 bits per heavy atom. The molecular formula is C22H23PS. The fourth-order valence-corrected chi connectivity index (χ4v) is 8.86. The van der Waals surface area contributed by atoms with Crippen LogP contribution in [0.25, 0.3) is 0 Å². The lowest BCUT2D eigenvalue weighted by Gasteiger charge is -2.35. The third-order valence-corrected chi connectivity index (χ3v) is 10.2. The summed E-state index contributed by atoms with van der Waals surface area (Å²) < 4.78 is 0. The number of hydrogen-bond donors (Lipinski definition) is 0. The topological polar surface area (TPSA) is 0 Å². The van der Waals surface area contributed by atoms with Crippen molar-refractivity contribution in [3.8, 4) is 0 Å². The molecule has 122 valence electrons. The van der Waals surface area contributed by atoms with E-state index >= 15 is 0 Å². The molecule has 3 aromatic carbocycles. The van der Waals surface area contributed by atoms with Gasteiger partial charge in [-0.2, -0.15) is 0 Å². The van der Waals surface area contributed by atoms with E-state index in [9.17, 15) is 0 Å². The standard InChI is InChI=1S/C22H23PS/c1-18(2)22(19-12-6-3-7-13-19)23(24,20-14-8-4-9-15-20)21-16-10-5-11-17-21/h3-18,22H,1-2H3. The van der Waals surface area contributed by atoms with E-state index in [2.05, 4.69) is 105 Å². The normalized spacial score (nSPS) is 13.0. The third-order valence-electron chi connectivity index (χ3n) is 4.44.